The Morgan fingerprint density at radius 2 is 2.07 bits per heavy atom. The second-order valence-electron chi connectivity index (χ2n) is 6.43. The van der Waals surface area contributed by atoms with E-state index in [2.05, 4.69) is 26.0 Å². The van der Waals surface area contributed by atoms with Gasteiger partial charge in [-0.25, -0.2) is 13.1 Å². The predicted molar refractivity (Wildman–Crippen MR) is 107 cm³/mol. The van der Waals surface area contributed by atoms with Crippen molar-refractivity contribution in [1.82, 2.24) is 4.72 Å². The topological polar surface area (TPSA) is 84.5 Å². The summed E-state index contributed by atoms with van der Waals surface area (Å²) in [4.78, 5) is 12.6. The van der Waals surface area contributed by atoms with E-state index in [9.17, 15) is 13.2 Å². The molecular weight excluding hydrogens is 432 g/mol. The molecule has 0 radical (unpaired) electrons. The highest BCUT2D eigenvalue weighted by atomic mass is 79.9. The zero-order chi connectivity index (χ0) is 19.4. The van der Waals surface area contributed by atoms with E-state index in [0.29, 0.717) is 12.3 Å². The molecule has 1 amide bonds. The number of carbonyl (C=O) groups is 1. The van der Waals surface area contributed by atoms with Crippen LogP contribution in [-0.4, -0.2) is 33.6 Å². The molecule has 1 fully saturated rings. The third-order valence-corrected chi connectivity index (χ3v) is 6.66. The Morgan fingerprint density at radius 1 is 1.26 bits per heavy atom. The van der Waals surface area contributed by atoms with Gasteiger partial charge in [-0.15, -0.1) is 0 Å². The van der Waals surface area contributed by atoms with Crippen molar-refractivity contribution in [2.45, 2.75) is 30.8 Å². The van der Waals surface area contributed by atoms with Crippen LogP contribution in [0.2, 0.25) is 0 Å². The number of hydrogen-bond acceptors (Lipinski definition) is 4. The van der Waals surface area contributed by atoms with Gasteiger partial charge in [-0.2, -0.15) is 0 Å². The number of rotatable bonds is 6. The highest BCUT2D eigenvalue weighted by Gasteiger charge is 2.21. The summed E-state index contributed by atoms with van der Waals surface area (Å²) in [6.45, 7) is 2.82. The number of halogens is 1. The second kappa shape index (κ2) is 8.52. The lowest BCUT2D eigenvalue weighted by Gasteiger charge is -2.12. The van der Waals surface area contributed by atoms with Crippen molar-refractivity contribution in [3.05, 3.63) is 58.1 Å². The minimum absolute atomic E-state index is 0.0557. The van der Waals surface area contributed by atoms with E-state index in [-0.39, 0.29) is 29.0 Å². The Kier molecular flexibility index (Phi) is 6.31. The van der Waals surface area contributed by atoms with Crippen LogP contribution in [0.15, 0.2) is 51.8 Å². The third kappa shape index (κ3) is 5.16. The predicted octanol–water partition coefficient (Wildman–Crippen LogP) is 3.47. The van der Waals surface area contributed by atoms with Crippen molar-refractivity contribution < 1.29 is 17.9 Å². The maximum Gasteiger partial charge on any atom is 0.255 e. The molecular formula is C19H21BrN2O4S. The lowest BCUT2D eigenvalue weighted by Crippen LogP contribution is -2.32. The van der Waals surface area contributed by atoms with Crippen molar-refractivity contribution in [2.24, 2.45) is 0 Å². The van der Waals surface area contributed by atoms with Crippen LogP contribution in [0.3, 0.4) is 0 Å². The summed E-state index contributed by atoms with van der Waals surface area (Å²) >= 11 is 3.42. The van der Waals surface area contributed by atoms with Gasteiger partial charge >= 0.3 is 0 Å². The molecule has 8 heteroatoms. The van der Waals surface area contributed by atoms with E-state index >= 15 is 0 Å². The Balaban J connectivity index is 1.71. The van der Waals surface area contributed by atoms with Gasteiger partial charge in [0.1, 0.15) is 0 Å². The first kappa shape index (κ1) is 20.0. The molecule has 0 spiro atoms. The van der Waals surface area contributed by atoms with E-state index in [1.54, 1.807) is 18.2 Å². The molecule has 6 nitrogen and oxygen atoms in total. The molecule has 0 aliphatic carbocycles. The van der Waals surface area contributed by atoms with Crippen LogP contribution in [-0.2, 0) is 14.8 Å². The summed E-state index contributed by atoms with van der Waals surface area (Å²) in [5.41, 5.74) is 1.91. The Labute approximate surface area is 167 Å². The molecule has 0 saturated carbocycles. The zero-order valence-electron chi connectivity index (χ0n) is 14.9. The van der Waals surface area contributed by atoms with E-state index < -0.39 is 10.0 Å². The van der Waals surface area contributed by atoms with E-state index in [1.807, 2.05) is 19.1 Å². The third-order valence-electron chi connectivity index (χ3n) is 4.35. The minimum Gasteiger partial charge on any atom is -0.377 e. The monoisotopic (exact) mass is 452 g/mol. The van der Waals surface area contributed by atoms with Crippen molar-refractivity contribution in [1.29, 1.82) is 0 Å². The average molecular weight is 453 g/mol. The quantitative estimate of drug-likeness (QED) is 0.702. The summed E-state index contributed by atoms with van der Waals surface area (Å²) in [6.07, 6.45) is 1.70. The molecule has 2 aromatic carbocycles. The number of carbonyl (C=O) groups excluding carboxylic acids is 1. The Morgan fingerprint density at radius 3 is 2.78 bits per heavy atom. The van der Waals surface area contributed by atoms with Crippen LogP contribution in [0, 0.1) is 6.92 Å². The van der Waals surface area contributed by atoms with Crippen LogP contribution < -0.4 is 10.0 Å². The van der Waals surface area contributed by atoms with Crippen molar-refractivity contribution in [3.8, 4) is 0 Å². The molecule has 1 heterocycles. The molecule has 0 bridgehead atoms. The lowest BCUT2D eigenvalue weighted by atomic mass is 10.2. The van der Waals surface area contributed by atoms with Gasteiger partial charge in [-0.1, -0.05) is 22.0 Å². The number of benzene rings is 2. The minimum atomic E-state index is -3.71. The summed E-state index contributed by atoms with van der Waals surface area (Å²) in [7, 11) is -3.71. The summed E-state index contributed by atoms with van der Waals surface area (Å²) < 4.78 is 33.9. The van der Waals surface area contributed by atoms with E-state index in [4.69, 9.17) is 4.74 Å². The number of sulfonamides is 1. The molecule has 1 atom stereocenters. The highest BCUT2D eigenvalue weighted by molar-refractivity contribution is 9.10. The molecule has 1 unspecified atom stereocenters. The van der Waals surface area contributed by atoms with Crippen LogP contribution in [0.4, 0.5) is 5.69 Å². The first-order valence-corrected chi connectivity index (χ1v) is 10.9. The molecule has 27 heavy (non-hydrogen) atoms. The van der Waals surface area contributed by atoms with E-state index in [0.717, 1.165) is 22.9 Å². The SMILES string of the molecule is Cc1cc(NC(=O)c2cccc(S(=O)(=O)NCC3CCCO3)c2)ccc1Br. The zero-order valence-corrected chi connectivity index (χ0v) is 17.3. The van der Waals surface area contributed by atoms with Gasteiger partial charge in [-0.05, 0) is 61.7 Å². The molecule has 0 aromatic heterocycles. The maximum atomic E-state index is 12.5. The molecule has 2 aromatic rings. The van der Waals surface area contributed by atoms with Gasteiger partial charge in [0.2, 0.25) is 10.0 Å². The number of nitrogens with one attached hydrogen (secondary N) is 2. The molecule has 1 aliphatic rings. The first-order valence-electron chi connectivity index (χ1n) is 8.64. The Bertz CT molecular complexity index is 940. The average Bonchev–Trinajstić information content (AvgIpc) is 3.17. The van der Waals surface area contributed by atoms with Gasteiger partial charge in [0.15, 0.2) is 0 Å². The van der Waals surface area contributed by atoms with Crippen molar-refractivity contribution in [3.63, 3.8) is 0 Å². The van der Waals surface area contributed by atoms with Gasteiger partial charge in [-0.3, -0.25) is 4.79 Å². The van der Waals surface area contributed by atoms with Crippen LogP contribution in [0.1, 0.15) is 28.8 Å². The summed E-state index contributed by atoms with van der Waals surface area (Å²) in [5.74, 6) is -0.368. The highest BCUT2D eigenvalue weighted by Crippen LogP contribution is 2.21. The molecule has 3 rings (SSSR count). The number of amides is 1. The largest absolute Gasteiger partial charge is 0.377 e. The van der Waals surface area contributed by atoms with Gasteiger partial charge in [0, 0.05) is 28.9 Å². The first-order chi connectivity index (χ1) is 12.8. The van der Waals surface area contributed by atoms with E-state index in [1.165, 1.54) is 12.1 Å². The summed E-state index contributed by atoms with van der Waals surface area (Å²) in [6, 6.07) is 11.4. The molecule has 1 saturated heterocycles. The molecule has 2 N–H and O–H groups in total. The fourth-order valence-electron chi connectivity index (χ4n) is 2.82. The molecule has 1 aliphatic heterocycles. The normalized spacial score (nSPS) is 17.0. The van der Waals surface area contributed by atoms with Gasteiger partial charge in [0.05, 0.1) is 11.0 Å². The second-order valence-corrected chi connectivity index (χ2v) is 9.05. The van der Waals surface area contributed by atoms with Crippen LogP contribution in [0.5, 0.6) is 0 Å². The van der Waals surface area contributed by atoms with Gasteiger partial charge < -0.3 is 10.1 Å². The fraction of sp³-hybridized carbons (Fsp3) is 0.316. The Hall–Kier alpha value is -1.74. The van der Waals surface area contributed by atoms with Crippen molar-refractivity contribution >= 4 is 37.5 Å². The van der Waals surface area contributed by atoms with Crippen molar-refractivity contribution in [2.75, 3.05) is 18.5 Å². The number of hydrogen-bond donors (Lipinski definition) is 2. The fourth-order valence-corrected chi connectivity index (χ4v) is 4.18. The smallest absolute Gasteiger partial charge is 0.255 e. The number of ether oxygens (including phenoxy) is 1. The van der Waals surface area contributed by atoms with Crippen LogP contribution >= 0.6 is 15.9 Å². The molecule has 144 valence electrons. The number of anilines is 1. The lowest BCUT2D eigenvalue weighted by molar-refractivity contribution is 0.102. The van der Waals surface area contributed by atoms with Gasteiger partial charge in [0.25, 0.3) is 5.91 Å². The number of aryl methyl sites for hydroxylation is 1. The maximum absolute atomic E-state index is 12.5. The summed E-state index contributed by atoms with van der Waals surface area (Å²) in [5, 5.41) is 2.79. The van der Waals surface area contributed by atoms with Crippen LogP contribution in [0.25, 0.3) is 0 Å². The standard InChI is InChI=1S/C19H21BrN2O4S/c1-13-10-15(7-8-18(13)20)22-19(23)14-4-2-6-17(11-14)27(24,25)21-12-16-5-3-9-26-16/h2,4,6-8,10-11,16,21H,3,5,9,12H2,1H3,(H,22,23).